The van der Waals surface area contributed by atoms with E-state index >= 15 is 0 Å². The molecule has 1 aromatic carbocycles. The molecule has 1 heterocycles. The Bertz CT molecular complexity index is 661. The Kier molecular flexibility index (Phi) is 3.03. The van der Waals surface area contributed by atoms with E-state index in [9.17, 15) is 0 Å². The van der Waals surface area contributed by atoms with Crippen molar-refractivity contribution >= 4 is 33.4 Å². The van der Waals surface area contributed by atoms with Gasteiger partial charge in [0, 0.05) is 27.0 Å². The summed E-state index contributed by atoms with van der Waals surface area (Å²) >= 11 is 5.24. The first-order valence-corrected chi connectivity index (χ1v) is 8.51. The molecule has 1 aromatic heterocycles. The van der Waals surface area contributed by atoms with E-state index in [0.717, 1.165) is 20.2 Å². The monoisotopic (exact) mass is 350 g/mol. The van der Waals surface area contributed by atoms with Gasteiger partial charge in [-0.05, 0) is 71.6 Å². The van der Waals surface area contributed by atoms with Gasteiger partial charge in [0.25, 0.3) is 0 Å². The van der Waals surface area contributed by atoms with Gasteiger partial charge in [0.05, 0.1) is 0 Å². The third-order valence-electron chi connectivity index (χ3n) is 3.70. The van der Waals surface area contributed by atoms with Crippen molar-refractivity contribution in [2.75, 3.05) is 5.73 Å². The molecule has 2 saturated carbocycles. The number of hydrogen-bond acceptors (Lipinski definition) is 4. The standard InChI is InChI=1S/C14H15BrN4S/c15-11-7-9(16)3-6-12(11)20-14-18-17-13(8-1-2-8)19(14)10-4-5-10/h3,6-8,10H,1-2,4-5,16H2. The quantitative estimate of drug-likeness (QED) is 0.847. The molecule has 0 unspecified atom stereocenters. The topological polar surface area (TPSA) is 56.7 Å². The van der Waals surface area contributed by atoms with Crippen molar-refractivity contribution in [3.8, 4) is 0 Å². The Morgan fingerprint density at radius 1 is 1.20 bits per heavy atom. The molecule has 4 nitrogen and oxygen atoms in total. The number of aromatic nitrogens is 3. The molecule has 2 fully saturated rings. The molecule has 104 valence electrons. The van der Waals surface area contributed by atoms with Crippen LogP contribution in [0.2, 0.25) is 0 Å². The lowest BCUT2D eigenvalue weighted by atomic mass is 10.3. The highest BCUT2D eigenvalue weighted by molar-refractivity contribution is 9.10. The van der Waals surface area contributed by atoms with Gasteiger partial charge in [0.2, 0.25) is 0 Å². The second-order valence-electron chi connectivity index (χ2n) is 5.51. The smallest absolute Gasteiger partial charge is 0.196 e. The summed E-state index contributed by atoms with van der Waals surface area (Å²) < 4.78 is 3.38. The van der Waals surface area contributed by atoms with E-state index in [-0.39, 0.29) is 0 Å². The van der Waals surface area contributed by atoms with E-state index in [4.69, 9.17) is 5.73 Å². The predicted octanol–water partition coefficient (Wildman–Crippen LogP) is 3.99. The second-order valence-corrected chi connectivity index (χ2v) is 7.37. The van der Waals surface area contributed by atoms with Crippen molar-refractivity contribution < 1.29 is 0 Å². The van der Waals surface area contributed by atoms with E-state index in [2.05, 4.69) is 30.7 Å². The SMILES string of the molecule is Nc1ccc(Sc2nnc(C3CC3)n2C2CC2)c(Br)c1. The third kappa shape index (κ3) is 2.35. The van der Waals surface area contributed by atoms with E-state index in [1.165, 1.54) is 31.5 Å². The first kappa shape index (κ1) is 12.7. The minimum absolute atomic E-state index is 0.621. The number of nitrogen functional groups attached to an aromatic ring is 1. The Morgan fingerprint density at radius 2 is 2.00 bits per heavy atom. The van der Waals surface area contributed by atoms with Crippen LogP contribution in [0.3, 0.4) is 0 Å². The van der Waals surface area contributed by atoms with E-state index < -0.39 is 0 Å². The Morgan fingerprint density at radius 3 is 2.65 bits per heavy atom. The molecule has 0 radical (unpaired) electrons. The van der Waals surface area contributed by atoms with Crippen molar-refractivity contribution in [3.05, 3.63) is 28.5 Å². The van der Waals surface area contributed by atoms with Crippen molar-refractivity contribution in [2.24, 2.45) is 0 Å². The van der Waals surface area contributed by atoms with Crippen LogP contribution in [0, 0.1) is 0 Å². The molecular weight excluding hydrogens is 336 g/mol. The van der Waals surface area contributed by atoms with Gasteiger partial charge in [-0.3, -0.25) is 0 Å². The van der Waals surface area contributed by atoms with Crippen molar-refractivity contribution in [2.45, 2.75) is 47.7 Å². The number of anilines is 1. The van der Waals surface area contributed by atoms with Crippen molar-refractivity contribution in [1.29, 1.82) is 0 Å². The summed E-state index contributed by atoms with van der Waals surface area (Å²) in [6.07, 6.45) is 5.05. The molecule has 2 aliphatic rings. The van der Waals surface area contributed by atoms with Crippen molar-refractivity contribution in [3.63, 3.8) is 0 Å². The number of nitrogens with two attached hydrogens (primary N) is 1. The highest BCUT2D eigenvalue weighted by atomic mass is 79.9. The zero-order valence-electron chi connectivity index (χ0n) is 10.9. The highest BCUT2D eigenvalue weighted by Gasteiger charge is 2.36. The lowest BCUT2D eigenvalue weighted by molar-refractivity contribution is 0.627. The lowest BCUT2D eigenvalue weighted by Gasteiger charge is -2.09. The molecule has 6 heteroatoms. The molecule has 0 amide bonds. The van der Waals surface area contributed by atoms with E-state index in [1.54, 1.807) is 11.8 Å². The zero-order valence-corrected chi connectivity index (χ0v) is 13.3. The molecule has 2 N–H and O–H groups in total. The molecule has 4 rings (SSSR count). The number of nitrogens with zero attached hydrogens (tertiary/aromatic N) is 3. The predicted molar refractivity (Wildman–Crippen MR) is 82.9 cm³/mol. The lowest BCUT2D eigenvalue weighted by Crippen LogP contribution is -2.01. The molecule has 0 aliphatic heterocycles. The molecule has 0 saturated heterocycles. The fourth-order valence-electron chi connectivity index (χ4n) is 2.35. The van der Waals surface area contributed by atoms with Crippen LogP contribution in [0.5, 0.6) is 0 Å². The van der Waals surface area contributed by atoms with Gasteiger partial charge in [0.1, 0.15) is 5.82 Å². The van der Waals surface area contributed by atoms with Crippen LogP contribution in [0.4, 0.5) is 5.69 Å². The largest absolute Gasteiger partial charge is 0.399 e. The summed E-state index contributed by atoms with van der Waals surface area (Å²) in [6.45, 7) is 0. The van der Waals surface area contributed by atoms with E-state index in [0.29, 0.717) is 12.0 Å². The van der Waals surface area contributed by atoms with Crippen LogP contribution in [-0.2, 0) is 0 Å². The minimum Gasteiger partial charge on any atom is -0.399 e. The van der Waals surface area contributed by atoms with Crippen LogP contribution in [0.25, 0.3) is 0 Å². The molecule has 2 aromatic rings. The molecule has 20 heavy (non-hydrogen) atoms. The van der Waals surface area contributed by atoms with Gasteiger partial charge in [-0.1, -0.05) is 0 Å². The van der Waals surface area contributed by atoms with Gasteiger partial charge in [0.15, 0.2) is 5.16 Å². The zero-order chi connectivity index (χ0) is 13.7. The minimum atomic E-state index is 0.621. The van der Waals surface area contributed by atoms with Crippen LogP contribution >= 0.6 is 27.7 Å². The maximum absolute atomic E-state index is 5.79. The molecular formula is C14H15BrN4S. The van der Waals surface area contributed by atoms with Crippen molar-refractivity contribution in [1.82, 2.24) is 14.8 Å². The molecule has 0 bridgehead atoms. The fourth-order valence-corrected chi connectivity index (χ4v) is 3.90. The Hall–Kier alpha value is -1.01. The van der Waals surface area contributed by atoms with E-state index in [1.807, 2.05) is 18.2 Å². The Labute approximate surface area is 130 Å². The summed E-state index contributed by atoms with van der Waals surface area (Å²) in [7, 11) is 0. The van der Waals surface area contributed by atoms with Gasteiger partial charge < -0.3 is 10.3 Å². The van der Waals surface area contributed by atoms with Gasteiger partial charge in [-0.15, -0.1) is 10.2 Å². The van der Waals surface area contributed by atoms with Gasteiger partial charge >= 0.3 is 0 Å². The normalized spacial score (nSPS) is 18.4. The number of hydrogen-bond donors (Lipinski definition) is 1. The summed E-state index contributed by atoms with van der Waals surface area (Å²) in [4.78, 5) is 1.14. The summed E-state index contributed by atoms with van der Waals surface area (Å²) in [5.74, 6) is 1.84. The highest BCUT2D eigenvalue weighted by Crippen LogP contribution is 2.47. The van der Waals surface area contributed by atoms with Crippen LogP contribution < -0.4 is 5.73 Å². The first-order valence-electron chi connectivity index (χ1n) is 6.90. The number of halogens is 1. The first-order chi connectivity index (χ1) is 9.72. The summed E-state index contributed by atoms with van der Waals surface area (Å²) in [5, 5.41) is 9.87. The number of benzene rings is 1. The van der Waals surface area contributed by atoms with Gasteiger partial charge in [-0.2, -0.15) is 0 Å². The van der Waals surface area contributed by atoms with Crippen LogP contribution in [0.1, 0.15) is 43.5 Å². The molecule has 2 aliphatic carbocycles. The van der Waals surface area contributed by atoms with Crippen LogP contribution in [0.15, 0.2) is 32.7 Å². The van der Waals surface area contributed by atoms with Gasteiger partial charge in [-0.25, -0.2) is 0 Å². The number of rotatable bonds is 4. The third-order valence-corrected chi connectivity index (χ3v) is 5.66. The maximum atomic E-state index is 5.79. The fraction of sp³-hybridized carbons (Fsp3) is 0.429. The summed E-state index contributed by atoms with van der Waals surface area (Å²) in [6, 6.07) is 6.51. The average Bonchev–Trinajstić information content (AvgIpc) is 3.31. The maximum Gasteiger partial charge on any atom is 0.196 e. The summed E-state index contributed by atoms with van der Waals surface area (Å²) in [5.41, 5.74) is 6.56. The average molecular weight is 351 g/mol. The molecule has 0 atom stereocenters. The Balaban J connectivity index is 1.68. The second kappa shape index (κ2) is 4.77. The molecule has 0 spiro atoms. The van der Waals surface area contributed by atoms with Crippen LogP contribution in [-0.4, -0.2) is 14.8 Å².